The Morgan fingerprint density at radius 2 is 1.88 bits per heavy atom. The monoisotopic (exact) mass is 410 g/mol. The minimum Gasteiger partial charge on any atom is -0.488 e. The summed E-state index contributed by atoms with van der Waals surface area (Å²) in [7, 11) is 0. The van der Waals surface area contributed by atoms with Crippen LogP contribution in [0.2, 0.25) is 10.0 Å². The van der Waals surface area contributed by atoms with Gasteiger partial charge in [0, 0.05) is 5.75 Å². The normalized spacial score (nSPS) is 12.2. The molecule has 0 spiro atoms. The van der Waals surface area contributed by atoms with Gasteiger partial charge < -0.3 is 9.84 Å². The molecule has 0 aliphatic carbocycles. The summed E-state index contributed by atoms with van der Waals surface area (Å²) in [6.07, 6.45) is -0.741. The number of thioether (sulfide) groups is 1. The second-order valence-electron chi connectivity index (χ2n) is 5.49. The third-order valence-corrected chi connectivity index (χ3v) is 5.19. The Kier molecular flexibility index (Phi) is 6.37. The lowest BCUT2D eigenvalue weighted by atomic mass is 10.2. The number of aliphatic hydroxyl groups excluding tert-OH is 1. The van der Waals surface area contributed by atoms with Crippen LogP contribution in [0, 0.1) is 6.92 Å². The van der Waals surface area contributed by atoms with Gasteiger partial charge in [-0.2, -0.15) is 4.68 Å². The topological polar surface area (TPSA) is 73.1 Å². The molecule has 136 valence electrons. The Labute approximate surface area is 165 Å². The molecule has 0 unspecified atom stereocenters. The number of aromatic nitrogens is 4. The Hall–Kier alpha value is -1.80. The summed E-state index contributed by atoms with van der Waals surface area (Å²) in [5.41, 5.74) is 1.95. The summed E-state index contributed by atoms with van der Waals surface area (Å²) < 4.78 is 7.20. The third-order valence-electron chi connectivity index (χ3n) is 3.53. The minimum atomic E-state index is -0.741. The number of benzene rings is 2. The van der Waals surface area contributed by atoms with Crippen molar-refractivity contribution in [3.63, 3.8) is 0 Å². The van der Waals surface area contributed by atoms with Crippen molar-refractivity contribution in [3.05, 3.63) is 58.1 Å². The fourth-order valence-electron chi connectivity index (χ4n) is 2.24. The lowest BCUT2D eigenvalue weighted by Crippen LogP contribution is -2.20. The molecule has 26 heavy (non-hydrogen) atoms. The summed E-state index contributed by atoms with van der Waals surface area (Å²) in [4.78, 5) is 0. The lowest BCUT2D eigenvalue weighted by Gasteiger charge is -2.14. The van der Waals surface area contributed by atoms with Crippen LogP contribution in [0.4, 0.5) is 0 Å². The molecule has 2 aromatic carbocycles. The van der Waals surface area contributed by atoms with E-state index in [1.165, 1.54) is 11.8 Å². The summed E-state index contributed by atoms with van der Waals surface area (Å²) in [5, 5.41) is 23.4. The quantitative estimate of drug-likeness (QED) is 0.596. The first-order valence-electron chi connectivity index (χ1n) is 7.78. The number of aryl methyl sites for hydroxylation is 1. The Balaban J connectivity index is 1.60. The van der Waals surface area contributed by atoms with Gasteiger partial charge in [-0.3, -0.25) is 0 Å². The van der Waals surface area contributed by atoms with Gasteiger partial charge in [0.05, 0.1) is 21.8 Å². The zero-order valence-electron chi connectivity index (χ0n) is 13.8. The first kappa shape index (κ1) is 19.0. The highest BCUT2D eigenvalue weighted by atomic mass is 35.5. The average molecular weight is 411 g/mol. The molecular weight excluding hydrogens is 395 g/mol. The van der Waals surface area contributed by atoms with E-state index in [-0.39, 0.29) is 6.61 Å². The molecule has 9 heteroatoms. The van der Waals surface area contributed by atoms with Crippen LogP contribution in [0.5, 0.6) is 5.75 Å². The van der Waals surface area contributed by atoms with Gasteiger partial charge in [-0.15, -0.1) is 5.10 Å². The number of rotatable bonds is 7. The van der Waals surface area contributed by atoms with Crippen LogP contribution in [0.15, 0.2) is 47.6 Å². The number of halogens is 2. The van der Waals surface area contributed by atoms with E-state index in [0.29, 0.717) is 26.7 Å². The van der Waals surface area contributed by atoms with Crippen LogP contribution in [0.1, 0.15) is 5.56 Å². The molecule has 3 aromatic rings. The highest BCUT2D eigenvalue weighted by Crippen LogP contribution is 2.32. The minimum absolute atomic E-state index is 0.0579. The fraction of sp³-hybridized carbons (Fsp3) is 0.235. The summed E-state index contributed by atoms with van der Waals surface area (Å²) in [6, 6.07) is 12.9. The standard InChI is InChI=1S/C17H16Cl2N4O2S/c1-11-5-2-3-8-15(11)23-17(20-21-22-23)26-10-12(24)9-25-16-13(18)6-4-7-14(16)19/h2-8,12,24H,9-10H2,1H3/t12-/m0/s1. The third kappa shape index (κ3) is 4.48. The lowest BCUT2D eigenvalue weighted by molar-refractivity contribution is 0.126. The van der Waals surface area contributed by atoms with Crippen LogP contribution in [0.25, 0.3) is 5.69 Å². The van der Waals surface area contributed by atoms with Gasteiger partial charge in [-0.25, -0.2) is 0 Å². The molecular formula is C17H16Cl2N4O2S. The van der Waals surface area contributed by atoms with Crippen molar-refractivity contribution in [2.24, 2.45) is 0 Å². The van der Waals surface area contributed by atoms with Gasteiger partial charge in [0.1, 0.15) is 6.61 Å². The van der Waals surface area contributed by atoms with E-state index >= 15 is 0 Å². The first-order valence-corrected chi connectivity index (χ1v) is 9.52. The van der Waals surface area contributed by atoms with Crippen molar-refractivity contribution in [2.45, 2.75) is 18.2 Å². The average Bonchev–Trinajstić information content (AvgIpc) is 3.08. The maximum Gasteiger partial charge on any atom is 0.214 e. The predicted octanol–water partition coefficient (Wildman–Crippen LogP) is 3.81. The van der Waals surface area contributed by atoms with E-state index in [9.17, 15) is 5.11 Å². The van der Waals surface area contributed by atoms with Crippen LogP contribution in [-0.4, -0.2) is 43.8 Å². The molecule has 0 saturated carbocycles. The van der Waals surface area contributed by atoms with Gasteiger partial charge in [0.15, 0.2) is 5.75 Å². The number of aliphatic hydroxyl groups is 1. The van der Waals surface area contributed by atoms with Crippen molar-refractivity contribution in [1.29, 1.82) is 0 Å². The number of para-hydroxylation sites is 2. The number of hydrogen-bond acceptors (Lipinski definition) is 6. The largest absolute Gasteiger partial charge is 0.488 e. The number of tetrazole rings is 1. The van der Waals surface area contributed by atoms with Gasteiger partial charge in [-0.05, 0) is 41.1 Å². The zero-order valence-corrected chi connectivity index (χ0v) is 16.2. The van der Waals surface area contributed by atoms with E-state index in [0.717, 1.165) is 11.3 Å². The van der Waals surface area contributed by atoms with Crippen LogP contribution >= 0.6 is 35.0 Å². The SMILES string of the molecule is Cc1ccccc1-n1nnnc1SC[C@@H](O)COc1c(Cl)cccc1Cl. The van der Waals surface area contributed by atoms with E-state index in [2.05, 4.69) is 15.5 Å². The Bertz CT molecular complexity index is 870. The number of ether oxygens (including phenoxy) is 1. The van der Waals surface area contributed by atoms with Gasteiger partial charge >= 0.3 is 0 Å². The molecule has 0 fully saturated rings. The van der Waals surface area contributed by atoms with Crippen molar-refractivity contribution in [1.82, 2.24) is 20.2 Å². The maximum atomic E-state index is 10.2. The van der Waals surface area contributed by atoms with Gasteiger partial charge in [-0.1, -0.05) is 59.2 Å². The second kappa shape index (κ2) is 8.73. The van der Waals surface area contributed by atoms with Crippen LogP contribution < -0.4 is 4.74 Å². The summed E-state index contributed by atoms with van der Waals surface area (Å²) in [6.45, 7) is 2.05. The van der Waals surface area contributed by atoms with E-state index in [1.807, 2.05) is 31.2 Å². The molecule has 0 saturated heterocycles. The highest BCUT2D eigenvalue weighted by molar-refractivity contribution is 7.99. The van der Waals surface area contributed by atoms with E-state index in [1.54, 1.807) is 22.9 Å². The van der Waals surface area contributed by atoms with Crippen LogP contribution in [-0.2, 0) is 0 Å². The molecule has 6 nitrogen and oxygen atoms in total. The first-order chi connectivity index (χ1) is 12.6. The molecule has 1 heterocycles. The molecule has 0 radical (unpaired) electrons. The fourth-order valence-corrected chi connectivity index (χ4v) is 3.54. The molecule has 0 amide bonds. The smallest absolute Gasteiger partial charge is 0.214 e. The van der Waals surface area contributed by atoms with Gasteiger partial charge in [0.25, 0.3) is 0 Å². The van der Waals surface area contributed by atoms with Crippen molar-refractivity contribution in [2.75, 3.05) is 12.4 Å². The van der Waals surface area contributed by atoms with Crippen molar-refractivity contribution >= 4 is 35.0 Å². The Morgan fingerprint density at radius 3 is 2.62 bits per heavy atom. The summed E-state index contributed by atoms with van der Waals surface area (Å²) in [5.74, 6) is 0.721. The molecule has 0 aliphatic heterocycles. The Morgan fingerprint density at radius 1 is 1.15 bits per heavy atom. The zero-order chi connectivity index (χ0) is 18.5. The van der Waals surface area contributed by atoms with E-state index in [4.69, 9.17) is 27.9 Å². The molecule has 1 N–H and O–H groups in total. The predicted molar refractivity (Wildman–Crippen MR) is 103 cm³/mol. The van der Waals surface area contributed by atoms with E-state index < -0.39 is 6.10 Å². The molecule has 0 bridgehead atoms. The number of nitrogens with zero attached hydrogens (tertiary/aromatic N) is 4. The van der Waals surface area contributed by atoms with Crippen LogP contribution in [0.3, 0.4) is 0 Å². The summed E-state index contributed by atoms with van der Waals surface area (Å²) >= 11 is 13.4. The van der Waals surface area contributed by atoms with Crippen molar-refractivity contribution < 1.29 is 9.84 Å². The highest BCUT2D eigenvalue weighted by Gasteiger charge is 2.15. The second-order valence-corrected chi connectivity index (χ2v) is 7.29. The number of hydrogen-bond donors (Lipinski definition) is 1. The van der Waals surface area contributed by atoms with Crippen molar-refractivity contribution in [3.8, 4) is 11.4 Å². The molecule has 1 atom stereocenters. The maximum absolute atomic E-state index is 10.2. The molecule has 1 aromatic heterocycles. The van der Waals surface area contributed by atoms with Gasteiger partial charge in [0.2, 0.25) is 5.16 Å². The molecule has 3 rings (SSSR count). The molecule has 0 aliphatic rings.